The van der Waals surface area contributed by atoms with E-state index >= 15 is 0 Å². The van der Waals surface area contributed by atoms with Gasteiger partial charge in [0.15, 0.2) is 16.7 Å². The number of hydrogen-bond acceptors (Lipinski definition) is 8. The number of anilines is 1. The van der Waals surface area contributed by atoms with Gasteiger partial charge in [-0.2, -0.15) is 5.26 Å². The van der Waals surface area contributed by atoms with Gasteiger partial charge < -0.3 is 14.8 Å². The van der Waals surface area contributed by atoms with E-state index in [0.29, 0.717) is 40.3 Å². The monoisotopic (exact) mass is 393 g/mol. The molecular formula is C20H19N5O2S. The maximum Gasteiger partial charge on any atom is 0.189 e. The molecule has 2 aromatic heterocycles. The minimum Gasteiger partial charge on any atom is -0.493 e. The fraction of sp³-hybridized carbons (Fsp3) is 0.200. The topological polar surface area (TPSA) is 93.0 Å². The predicted octanol–water partition coefficient (Wildman–Crippen LogP) is 3.76. The van der Waals surface area contributed by atoms with Crippen LogP contribution >= 0.6 is 11.8 Å². The van der Waals surface area contributed by atoms with Gasteiger partial charge in [-0.25, -0.2) is 9.97 Å². The van der Waals surface area contributed by atoms with Gasteiger partial charge in [0, 0.05) is 24.5 Å². The standard InChI is InChI=1S/C20H19N5O2S/c1-26-16-7-6-14(9-17(16)27-2)18-15(10-21)19(25-20(24-18)28-3)23-12-13-5-4-8-22-11-13/h4-9,11H,12H2,1-3H3,(H,23,24,25). The lowest BCUT2D eigenvalue weighted by Gasteiger charge is -2.14. The number of nitrogens with zero attached hydrogens (tertiary/aromatic N) is 4. The van der Waals surface area contributed by atoms with E-state index in [4.69, 9.17) is 9.47 Å². The third-order valence-corrected chi connectivity index (χ3v) is 4.57. The Kier molecular flexibility index (Phi) is 6.29. The molecule has 1 aromatic carbocycles. The number of nitriles is 1. The largest absolute Gasteiger partial charge is 0.493 e. The summed E-state index contributed by atoms with van der Waals surface area (Å²) in [4.78, 5) is 13.1. The van der Waals surface area contributed by atoms with E-state index in [2.05, 4.69) is 26.3 Å². The van der Waals surface area contributed by atoms with Crippen LogP contribution in [0.15, 0.2) is 47.9 Å². The second-order valence-electron chi connectivity index (χ2n) is 5.68. The average Bonchev–Trinajstić information content (AvgIpc) is 2.77. The summed E-state index contributed by atoms with van der Waals surface area (Å²) in [6.45, 7) is 0.499. The first-order valence-electron chi connectivity index (χ1n) is 8.41. The summed E-state index contributed by atoms with van der Waals surface area (Å²) in [6, 6.07) is 11.5. The summed E-state index contributed by atoms with van der Waals surface area (Å²) in [7, 11) is 3.15. The fourth-order valence-corrected chi connectivity index (χ4v) is 3.01. The second kappa shape index (κ2) is 9.06. The van der Waals surface area contributed by atoms with Crippen molar-refractivity contribution in [1.82, 2.24) is 15.0 Å². The molecule has 28 heavy (non-hydrogen) atoms. The smallest absolute Gasteiger partial charge is 0.189 e. The van der Waals surface area contributed by atoms with Crippen LogP contribution in [-0.2, 0) is 6.54 Å². The highest BCUT2D eigenvalue weighted by Crippen LogP contribution is 2.35. The molecule has 0 atom stereocenters. The zero-order chi connectivity index (χ0) is 19.9. The molecule has 0 unspecified atom stereocenters. The summed E-state index contributed by atoms with van der Waals surface area (Å²) < 4.78 is 10.7. The zero-order valence-electron chi connectivity index (χ0n) is 15.8. The van der Waals surface area contributed by atoms with E-state index in [1.165, 1.54) is 11.8 Å². The van der Waals surface area contributed by atoms with Gasteiger partial charge in [0.05, 0.1) is 19.9 Å². The van der Waals surface area contributed by atoms with Gasteiger partial charge in [-0.3, -0.25) is 4.98 Å². The van der Waals surface area contributed by atoms with E-state index in [1.54, 1.807) is 38.7 Å². The molecule has 0 saturated carbocycles. The van der Waals surface area contributed by atoms with Crippen molar-refractivity contribution in [3.05, 3.63) is 53.9 Å². The van der Waals surface area contributed by atoms with Crippen LogP contribution in [0.2, 0.25) is 0 Å². The first-order valence-corrected chi connectivity index (χ1v) is 9.64. The number of aromatic nitrogens is 3. The van der Waals surface area contributed by atoms with E-state index in [9.17, 15) is 5.26 Å². The lowest BCUT2D eigenvalue weighted by atomic mass is 10.1. The molecule has 7 nitrogen and oxygen atoms in total. The Labute approximate surface area is 167 Å². The average molecular weight is 393 g/mol. The van der Waals surface area contributed by atoms with Gasteiger partial charge >= 0.3 is 0 Å². The van der Waals surface area contributed by atoms with Crippen molar-refractivity contribution in [3.63, 3.8) is 0 Å². The molecule has 0 spiro atoms. The van der Waals surface area contributed by atoms with Crippen LogP contribution in [0.25, 0.3) is 11.3 Å². The number of methoxy groups -OCH3 is 2. The van der Waals surface area contributed by atoms with Crippen molar-refractivity contribution in [1.29, 1.82) is 5.26 Å². The van der Waals surface area contributed by atoms with E-state index in [-0.39, 0.29) is 0 Å². The molecule has 0 radical (unpaired) electrons. The van der Waals surface area contributed by atoms with Gasteiger partial charge in [0.1, 0.15) is 17.5 Å². The van der Waals surface area contributed by atoms with E-state index < -0.39 is 0 Å². The Morgan fingerprint density at radius 1 is 1.14 bits per heavy atom. The SMILES string of the molecule is COc1ccc(-c2nc(SC)nc(NCc3cccnc3)c2C#N)cc1OC. The zero-order valence-corrected chi connectivity index (χ0v) is 16.6. The van der Waals surface area contributed by atoms with Gasteiger partial charge in [-0.05, 0) is 36.1 Å². The molecule has 1 N–H and O–H groups in total. The number of thioether (sulfide) groups is 1. The number of rotatable bonds is 7. The lowest BCUT2D eigenvalue weighted by Crippen LogP contribution is -2.07. The third-order valence-electron chi connectivity index (χ3n) is 4.02. The van der Waals surface area contributed by atoms with Crippen LogP contribution in [0.3, 0.4) is 0 Å². The van der Waals surface area contributed by atoms with Crippen molar-refractivity contribution in [2.75, 3.05) is 25.8 Å². The highest BCUT2D eigenvalue weighted by molar-refractivity contribution is 7.98. The molecule has 142 valence electrons. The minimum absolute atomic E-state index is 0.369. The second-order valence-corrected chi connectivity index (χ2v) is 6.45. The molecule has 0 amide bonds. The molecule has 0 fully saturated rings. The maximum atomic E-state index is 9.80. The van der Waals surface area contributed by atoms with Gasteiger partial charge in [0.2, 0.25) is 0 Å². The summed E-state index contributed by atoms with van der Waals surface area (Å²) in [5, 5.41) is 13.6. The van der Waals surface area contributed by atoms with Crippen molar-refractivity contribution in [2.24, 2.45) is 0 Å². The quantitative estimate of drug-likeness (QED) is 0.479. The molecule has 0 saturated heterocycles. The highest BCUT2D eigenvalue weighted by atomic mass is 32.2. The number of ether oxygens (including phenoxy) is 2. The van der Waals surface area contributed by atoms with Crippen LogP contribution in [0.4, 0.5) is 5.82 Å². The van der Waals surface area contributed by atoms with Crippen molar-refractivity contribution < 1.29 is 9.47 Å². The van der Waals surface area contributed by atoms with Crippen LogP contribution in [0.5, 0.6) is 11.5 Å². The number of benzene rings is 1. The molecule has 0 bridgehead atoms. The Hall–Kier alpha value is -3.31. The van der Waals surface area contributed by atoms with Crippen LogP contribution < -0.4 is 14.8 Å². The van der Waals surface area contributed by atoms with E-state index in [0.717, 1.165) is 11.1 Å². The number of hydrogen-bond donors (Lipinski definition) is 1. The molecule has 0 aliphatic rings. The Bertz CT molecular complexity index is 1010. The Morgan fingerprint density at radius 3 is 2.61 bits per heavy atom. The lowest BCUT2D eigenvalue weighted by molar-refractivity contribution is 0.355. The van der Waals surface area contributed by atoms with Crippen molar-refractivity contribution in [2.45, 2.75) is 11.7 Å². The summed E-state index contributed by atoms with van der Waals surface area (Å²) >= 11 is 1.41. The Morgan fingerprint density at radius 2 is 1.96 bits per heavy atom. The molecule has 0 aliphatic carbocycles. The summed E-state index contributed by atoms with van der Waals surface area (Å²) in [5.74, 6) is 1.66. The number of nitrogens with one attached hydrogen (secondary N) is 1. The van der Waals surface area contributed by atoms with Gasteiger partial charge in [-0.1, -0.05) is 17.8 Å². The first kappa shape index (κ1) is 19.5. The maximum absolute atomic E-state index is 9.80. The minimum atomic E-state index is 0.369. The summed E-state index contributed by atoms with van der Waals surface area (Å²) in [6.07, 6.45) is 5.38. The molecule has 3 aromatic rings. The molecule has 0 aliphatic heterocycles. The normalized spacial score (nSPS) is 10.2. The van der Waals surface area contributed by atoms with Crippen molar-refractivity contribution in [3.8, 4) is 28.8 Å². The number of pyridine rings is 1. The van der Waals surface area contributed by atoms with Crippen molar-refractivity contribution >= 4 is 17.6 Å². The molecule has 2 heterocycles. The van der Waals surface area contributed by atoms with E-state index in [1.807, 2.05) is 24.5 Å². The van der Waals surface area contributed by atoms with Gasteiger partial charge in [0.25, 0.3) is 0 Å². The summed E-state index contributed by atoms with van der Waals surface area (Å²) in [5.41, 5.74) is 2.64. The van der Waals surface area contributed by atoms with Gasteiger partial charge in [-0.15, -0.1) is 0 Å². The Balaban J connectivity index is 2.05. The molecular weight excluding hydrogens is 374 g/mol. The molecule has 8 heteroatoms. The fourth-order valence-electron chi connectivity index (χ4n) is 2.65. The van der Waals surface area contributed by atoms with Crippen LogP contribution in [0, 0.1) is 11.3 Å². The third kappa shape index (κ3) is 4.15. The predicted molar refractivity (Wildman–Crippen MR) is 109 cm³/mol. The first-order chi connectivity index (χ1) is 13.7. The molecule has 3 rings (SSSR count). The van der Waals surface area contributed by atoms with Crippen LogP contribution in [0.1, 0.15) is 11.1 Å². The van der Waals surface area contributed by atoms with Crippen LogP contribution in [-0.4, -0.2) is 35.4 Å². The highest BCUT2D eigenvalue weighted by Gasteiger charge is 2.17.